The molecule has 2 N–H and O–H groups in total. The number of nitrogens with zero attached hydrogens (tertiary/aromatic N) is 1. The molecule has 0 aliphatic heterocycles. The molecule has 2 aromatic rings. The summed E-state index contributed by atoms with van der Waals surface area (Å²) < 4.78 is 23.1. The van der Waals surface area contributed by atoms with Gasteiger partial charge in [-0.1, -0.05) is 0 Å². The van der Waals surface area contributed by atoms with E-state index in [4.69, 9.17) is 9.47 Å². The van der Waals surface area contributed by atoms with Crippen LogP contribution in [0.4, 0.5) is 10.1 Å². The third-order valence-corrected chi connectivity index (χ3v) is 3.12. The van der Waals surface area contributed by atoms with Crippen LogP contribution >= 0.6 is 0 Å². The van der Waals surface area contributed by atoms with Gasteiger partial charge in [0.1, 0.15) is 17.3 Å². The SMILES string of the molecule is COc1ccc(/C=N/NC(=O)C(=O)Nc2ccc(F)cc2)c(OC)c1. The van der Waals surface area contributed by atoms with Crippen LogP contribution in [0.1, 0.15) is 5.56 Å². The van der Waals surface area contributed by atoms with Crippen molar-refractivity contribution in [1.29, 1.82) is 0 Å². The second-order valence-corrected chi connectivity index (χ2v) is 4.77. The maximum atomic E-state index is 12.8. The molecule has 0 saturated heterocycles. The molecule has 0 aliphatic rings. The maximum Gasteiger partial charge on any atom is 0.329 e. The smallest absolute Gasteiger partial charge is 0.329 e. The zero-order chi connectivity index (χ0) is 18.2. The Labute approximate surface area is 143 Å². The summed E-state index contributed by atoms with van der Waals surface area (Å²) in [5, 5.41) is 6.04. The Morgan fingerprint density at radius 1 is 1.04 bits per heavy atom. The number of hydrazone groups is 1. The summed E-state index contributed by atoms with van der Waals surface area (Å²) in [5.74, 6) is -1.23. The van der Waals surface area contributed by atoms with E-state index in [-0.39, 0.29) is 0 Å². The second-order valence-electron chi connectivity index (χ2n) is 4.77. The molecule has 0 spiro atoms. The number of carbonyl (C=O) groups is 2. The summed E-state index contributed by atoms with van der Waals surface area (Å²) in [5.41, 5.74) is 2.98. The van der Waals surface area contributed by atoms with Gasteiger partial charge in [0.25, 0.3) is 0 Å². The van der Waals surface area contributed by atoms with Gasteiger partial charge in [-0.3, -0.25) is 9.59 Å². The Morgan fingerprint density at radius 3 is 2.40 bits per heavy atom. The molecule has 7 nitrogen and oxygen atoms in total. The summed E-state index contributed by atoms with van der Waals surface area (Å²) in [6.07, 6.45) is 1.33. The fourth-order valence-corrected chi connectivity index (χ4v) is 1.86. The molecule has 2 aromatic carbocycles. The number of benzene rings is 2. The summed E-state index contributed by atoms with van der Waals surface area (Å²) in [6.45, 7) is 0. The van der Waals surface area contributed by atoms with Crippen LogP contribution in [0.15, 0.2) is 47.6 Å². The topological polar surface area (TPSA) is 89.0 Å². The van der Waals surface area contributed by atoms with Crippen LogP contribution in [-0.2, 0) is 9.59 Å². The Kier molecular flexibility index (Phi) is 6.05. The first kappa shape index (κ1) is 17.9. The predicted octanol–water partition coefficient (Wildman–Crippen LogP) is 1.93. The lowest BCUT2D eigenvalue weighted by molar-refractivity contribution is -0.136. The molecule has 0 fully saturated rings. The molecule has 8 heteroatoms. The fraction of sp³-hybridized carbons (Fsp3) is 0.118. The van der Waals surface area contributed by atoms with Gasteiger partial charge in [-0.05, 0) is 36.4 Å². The monoisotopic (exact) mass is 345 g/mol. The summed E-state index contributed by atoms with van der Waals surface area (Å²) in [7, 11) is 3.02. The predicted molar refractivity (Wildman–Crippen MR) is 90.3 cm³/mol. The first-order valence-electron chi connectivity index (χ1n) is 7.15. The second kappa shape index (κ2) is 8.44. The highest BCUT2D eigenvalue weighted by Crippen LogP contribution is 2.22. The third-order valence-electron chi connectivity index (χ3n) is 3.12. The molecule has 0 heterocycles. The maximum absolute atomic E-state index is 12.8. The number of hydrogen-bond acceptors (Lipinski definition) is 5. The van der Waals surface area contributed by atoms with E-state index in [0.29, 0.717) is 22.7 Å². The van der Waals surface area contributed by atoms with E-state index in [1.54, 1.807) is 18.2 Å². The quantitative estimate of drug-likeness (QED) is 0.492. The lowest BCUT2D eigenvalue weighted by atomic mass is 10.2. The minimum atomic E-state index is -0.965. The molecule has 0 saturated carbocycles. The summed E-state index contributed by atoms with van der Waals surface area (Å²) >= 11 is 0. The van der Waals surface area contributed by atoms with Crippen LogP contribution in [0.5, 0.6) is 11.5 Å². The van der Waals surface area contributed by atoms with Crippen molar-refractivity contribution in [2.24, 2.45) is 5.10 Å². The lowest BCUT2D eigenvalue weighted by Gasteiger charge is -2.07. The number of anilines is 1. The van der Waals surface area contributed by atoms with Gasteiger partial charge in [0, 0.05) is 17.3 Å². The van der Waals surface area contributed by atoms with Gasteiger partial charge >= 0.3 is 11.8 Å². The number of halogens is 1. The molecule has 0 bridgehead atoms. The molecule has 0 atom stereocenters. The first-order valence-corrected chi connectivity index (χ1v) is 7.15. The van der Waals surface area contributed by atoms with Crippen molar-refractivity contribution in [2.45, 2.75) is 0 Å². The zero-order valence-electron chi connectivity index (χ0n) is 13.6. The van der Waals surface area contributed by atoms with Gasteiger partial charge in [0.05, 0.1) is 20.4 Å². The van der Waals surface area contributed by atoms with E-state index in [0.717, 1.165) is 0 Å². The summed E-state index contributed by atoms with van der Waals surface area (Å²) in [4.78, 5) is 23.4. The average Bonchev–Trinajstić information content (AvgIpc) is 2.63. The van der Waals surface area contributed by atoms with Crippen LogP contribution in [0, 0.1) is 5.82 Å². The van der Waals surface area contributed by atoms with Gasteiger partial charge in [-0.15, -0.1) is 0 Å². The molecule has 2 rings (SSSR count). The van der Waals surface area contributed by atoms with Gasteiger partial charge in [-0.25, -0.2) is 9.82 Å². The molecule has 0 aromatic heterocycles. The van der Waals surface area contributed by atoms with E-state index in [2.05, 4.69) is 15.8 Å². The number of methoxy groups -OCH3 is 2. The number of nitrogens with one attached hydrogen (secondary N) is 2. The molecular weight excluding hydrogens is 329 g/mol. The minimum Gasteiger partial charge on any atom is -0.497 e. The van der Waals surface area contributed by atoms with Crippen LogP contribution in [0.25, 0.3) is 0 Å². The molecular formula is C17H16FN3O4. The van der Waals surface area contributed by atoms with Gasteiger partial charge in [-0.2, -0.15) is 5.10 Å². The largest absolute Gasteiger partial charge is 0.497 e. The third kappa shape index (κ3) is 5.03. The lowest BCUT2D eigenvalue weighted by Crippen LogP contribution is -2.32. The van der Waals surface area contributed by atoms with Crippen molar-refractivity contribution in [3.63, 3.8) is 0 Å². The van der Waals surface area contributed by atoms with Gasteiger partial charge in [0.2, 0.25) is 0 Å². The average molecular weight is 345 g/mol. The highest BCUT2D eigenvalue weighted by Gasteiger charge is 2.13. The standard InChI is InChI=1S/C17H16FN3O4/c1-24-14-8-3-11(15(9-14)25-2)10-19-21-17(23)16(22)20-13-6-4-12(18)5-7-13/h3-10H,1-2H3,(H,20,22)(H,21,23)/b19-10+. The molecule has 2 amide bonds. The van der Waals surface area contributed by atoms with Crippen LogP contribution in [0.3, 0.4) is 0 Å². The van der Waals surface area contributed by atoms with Gasteiger partial charge in [0.15, 0.2) is 0 Å². The molecule has 130 valence electrons. The van der Waals surface area contributed by atoms with Crippen molar-refractivity contribution in [1.82, 2.24) is 5.43 Å². The minimum absolute atomic E-state index is 0.294. The number of carbonyl (C=O) groups excluding carboxylic acids is 2. The summed E-state index contributed by atoms with van der Waals surface area (Å²) in [6, 6.07) is 10.1. The molecule has 0 aliphatic carbocycles. The normalized spacial score (nSPS) is 10.4. The van der Waals surface area contributed by atoms with E-state index in [9.17, 15) is 14.0 Å². The first-order chi connectivity index (χ1) is 12.0. The number of hydrogen-bond donors (Lipinski definition) is 2. The van der Waals surface area contributed by atoms with E-state index in [1.807, 2.05) is 0 Å². The Hall–Kier alpha value is -3.42. The molecule has 0 unspecified atom stereocenters. The van der Waals surface area contributed by atoms with Crippen molar-refractivity contribution >= 4 is 23.7 Å². The highest BCUT2D eigenvalue weighted by atomic mass is 19.1. The van der Waals surface area contributed by atoms with Crippen LogP contribution < -0.4 is 20.2 Å². The number of rotatable bonds is 5. The number of ether oxygens (including phenoxy) is 2. The van der Waals surface area contributed by atoms with Crippen molar-refractivity contribution < 1.29 is 23.5 Å². The van der Waals surface area contributed by atoms with Crippen molar-refractivity contribution in [3.05, 3.63) is 53.8 Å². The molecule has 0 radical (unpaired) electrons. The highest BCUT2D eigenvalue weighted by molar-refractivity contribution is 6.39. The Balaban J connectivity index is 1.95. The Morgan fingerprint density at radius 2 is 1.76 bits per heavy atom. The van der Waals surface area contributed by atoms with Crippen LogP contribution in [-0.4, -0.2) is 32.2 Å². The number of amides is 2. The van der Waals surface area contributed by atoms with E-state index in [1.165, 1.54) is 44.7 Å². The van der Waals surface area contributed by atoms with Gasteiger partial charge < -0.3 is 14.8 Å². The van der Waals surface area contributed by atoms with Crippen molar-refractivity contribution in [3.8, 4) is 11.5 Å². The van der Waals surface area contributed by atoms with E-state index < -0.39 is 17.6 Å². The fourth-order valence-electron chi connectivity index (χ4n) is 1.86. The Bertz CT molecular complexity index is 791. The zero-order valence-corrected chi connectivity index (χ0v) is 13.6. The van der Waals surface area contributed by atoms with Crippen molar-refractivity contribution in [2.75, 3.05) is 19.5 Å². The molecule has 25 heavy (non-hydrogen) atoms. The van der Waals surface area contributed by atoms with E-state index >= 15 is 0 Å². The van der Waals surface area contributed by atoms with Crippen LogP contribution in [0.2, 0.25) is 0 Å².